The molecule has 0 saturated heterocycles. The summed E-state index contributed by atoms with van der Waals surface area (Å²) < 4.78 is 0. The predicted octanol–water partition coefficient (Wildman–Crippen LogP) is 2.13. The molecule has 0 bridgehead atoms. The van der Waals surface area contributed by atoms with Crippen LogP contribution in [0.15, 0.2) is 29.1 Å². The van der Waals surface area contributed by atoms with Gasteiger partial charge in [0.05, 0.1) is 12.1 Å². The van der Waals surface area contributed by atoms with Crippen LogP contribution >= 0.6 is 0 Å². The fraction of sp³-hybridized carbons (Fsp3) is 0.267. The van der Waals surface area contributed by atoms with Gasteiger partial charge in [0.2, 0.25) is 0 Å². The Kier molecular flexibility index (Phi) is 3.43. The van der Waals surface area contributed by atoms with Crippen molar-refractivity contribution in [2.24, 2.45) is 0 Å². The molecule has 0 aliphatic carbocycles. The van der Waals surface area contributed by atoms with Gasteiger partial charge in [-0.25, -0.2) is 14.9 Å². The smallest absolute Gasteiger partial charge is 0.340 e. The van der Waals surface area contributed by atoms with E-state index in [4.69, 9.17) is 0 Å². The first-order valence-corrected chi connectivity index (χ1v) is 6.93. The van der Waals surface area contributed by atoms with Crippen molar-refractivity contribution in [1.82, 2.24) is 20.2 Å². The third-order valence-corrected chi connectivity index (χ3v) is 3.48. The summed E-state index contributed by atoms with van der Waals surface area (Å²) in [6.07, 6.45) is 1.02. The van der Waals surface area contributed by atoms with Crippen LogP contribution in [0.1, 0.15) is 23.9 Å². The molecule has 0 amide bonds. The number of fused-ring (bicyclic) bond motifs is 1. The van der Waals surface area contributed by atoms with Gasteiger partial charge in [0.1, 0.15) is 11.6 Å². The summed E-state index contributed by atoms with van der Waals surface area (Å²) in [6.45, 7) is 4.64. The van der Waals surface area contributed by atoms with Gasteiger partial charge in [-0.05, 0) is 42.7 Å². The molecule has 0 aliphatic rings. The number of hydrogen-bond acceptors (Lipinski definition) is 4. The Bertz CT molecular complexity index is 833. The summed E-state index contributed by atoms with van der Waals surface area (Å²) >= 11 is 0. The normalized spacial score (nSPS) is 11.0. The minimum Gasteiger partial charge on any atom is -0.363 e. The standard InChI is InChI=1S/C15H17N5O/c1-3-10-4-5-12-11(7-10)9(2)6-13(17-12)16-8-14-18-15(21)20-19-14/h4-7H,3,8H2,1-2H3,(H,16,17)(H2,18,19,20,21). The fourth-order valence-corrected chi connectivity index (χ4v) is 2.32. The molecule has 1 aromatic carbocycles. The Morgan fingerprint density at radius 2 is 2.14 bits per heavy atom. The van der Waals surface area contributed by atoms with Gasteiger partial charge in [0, 0.05) is 5.39 Å². The van der Waals surface area contributed by atoms with Crippen molar-refractivity contribution in [2.45, 2.75) is 26.8 Å². The minimum absolute atomic E-state index is 0.304. The maximum atomic E-state index is 11.0. The summed E-state index contributed by atoms with van der Waals surface area (Å²) in [6, 6.07) is 8.34. The summed E-state index contributed by atoms with van der Waals surface area (Å²) in [4.78, 5) is 18.2. The number of aromatic nitrogens is 4. The highest BCUT2D eigenvalue weighted by Crippen LogP contribution is 2.22. The lowest BCUT2D eigenvalue weighted by Crippen LogP contribution is -2.06. The molecule has 0 atom stereocenters. The lowest BCUT2D eigenvalue weighted by atomic mass is 10.1. The second kappa shape index (κ2) is 5.40. The average Bonchev–Trinajstić information content (AvgIpc) is 2.90. The van der Waals surface area contributed by atoms with Crippen LogP contribution < -0.4 is 11.0 Å². The molecular formula is C15H17N5O. The highest BCUT2D eigenvalue weighted by molar-refractivity contribution is 5.84. The molecule has 6 nitrogen and oxygen atoms in total. The zero-order valence-corrected chi connectivity index (χ0v) is 12.0. The predicted molar refractivity (Wildman–Crippen MR) is 82.4 cm³/mol. The summed E-state index contributed by atoms with van der Waals surface area (Å²) in [5.74, 6) is 1.33. The number of nitrogens with zero attached hydrogens (tertiary/aromatic N) is 2. The van der Waals surface area contributed by atoms with Crippen LogP contribution in [0.4, 0.5) is 5.82 Å². The Balaban J connectivity index is 1.88. The molecular weight excluding hydrogens is 266 g/mol. The van der Waals surface area contributed by atoms with Crippen LogP contribution in [0.3, 0.4) is 0 Å². The second-order valence-corrected chi connectivity index (χ2v) is 5.01. The van der Waals surface area contributed by atoms with Crippen LogP contribution in [0.25, 0.3) is 10.9 Å². The molecule has 0 radical (unpaired) electrons. The number of hydrogen-bond donors (Lipinski definition) is 3. The van der Waals surface area contributed by atoms with Gasteiger partial charge >= 0.3 is 5.69 Å². The van der Waals surface area contributed by atoms with Crippen LogP contribution in [-0.4, -0.2) is 20.2 Å². The highest BCUT2D eigenvalue weighted by Gasteiger charge is 2.05. The van der Waals surface area contributed by atoms with Crippen LogP contribution in [0.2, 0.25) is 0 Å². The first kappa shape index (κ1) is 13.4. The van der Waals surface area contributed by atoms with Gasteiger partial charge in [-0.15, -0.1) is 0 Å². The lowest BCUT2D eigenvalue weighted by Gasteiger charge is -2.09. The summed E-state index contributed by atoms with van der Waals surface area (Å²) in [5, 5.41) is 10.5. The van der Waals surface area contributed by atoms with Crippen molar-refractivity contribution in [1.29, 1.82) is 0 Å². The first-order chi connectivity index (χ1) is 10.2. The van der Waals surface area contributed by atoms with E-state index < -0.39 is 0 Å². The maximum absolute atomic E-state index is 11.0. The Hall–Kier alpha value is -2.63. The SMILES string of the molecule is CCc1ccc2nc(NCc3n[nH]c(=O)[nH]3)cc(C)c2c1. The third-order valence-electron chi connectivity index (χ3n) is 3.48. The van der Waals surface area contributed by atoms with E-state index >= 15 is 0 Å². The quantitative estimate of drug-likeness (QED) is 0.684. The second-order valence-electron chi connectivity index (χ2n) is 5.01. The number of aryl methyl sites for hydroxylation is 2. The molecule has 0 saturated carbocycles. The van der Waals surface area contributed by atoms with Crippen LogP contribution in [-0.2, 0) is 13.0 Å². The van der Waals surface area contributed by atoms with Crippen LogP contribution in [0.5, 0.6) is 0 Å². The molecule has 3 aromatic rings. The molecule has 0 fully saturated rings. The summed E-state index contributed by atoms with van der Waals surface area (Å²) in [5.41, 5.74) is 3.14. The zero-order valence-electron chi connectivity index (χ0n) is 12.0. The van der Waals surface area contributed by atoms with Crippen molar-refractivity contribution in [3.63, 3.8) is 0 Å². The van der Waals surface area contributed by atoms with E-state index in [1.165, 1.54) is 16.5 Å². The highest BCUT2D eigenvalue weighted by atomic mass is 16.1. The van der Waals surface area contributed by atoms with Crippen molar-refractivity contribution >= 4 is 16.7 Å². The third kappa shape index (κ3) is 2.79. The van der Waals surface area contributed by atoms with Crippen molar-refractivity contribution in [3.05, 3.63) is 51.7 Å². The van der Waals surface area contributed by atoms with Crippen molar-refractivity contribution < 1.29 is 0 Å². The lowest BCUT2D eigenvalue weighted by molar-refractivity contribution is 0.948. The number of anilines is 1. The average molecular weight is 283 g/mol. The van der Waals surface area contributed by atoms with Gasteiger partial charge in [0.25, 0.3) is 0 Å². The van der Waals surface area contributed by atoms with Gasteiger partial charge < -0.3 is 5.32 Å². The number of aromatic amines is 2. The molecule has 3 rings (SSSR count). The van der Waals surface area contributed by atoms with Gasteiger partial charge in [0.15, 0.2) is 0 Å². The van der Waals surface area contributed by atoms with Crippen molar-refractivity contribution in [3.8, 4) is 0 Å². The van der Waals surface area contributed by atoms with Gasteiger partial charge in [-0.2, -0.15) is 5.10 Å². The number of rotatable bonds is 4. The molecule has 21 heavy (non-hydrogen) atoms. The number of benzene rings is 1. The number of pyridine rings is 1. The zero-order chi connectivity index (χ0) is 14.8. The van der Waals surface area contributed by atoms with E-state index in [1.807, 2.05) is 12.1 Å². The largest absolute Gasteiger partial charge is 0.363 e. The van der Waals surface area contributed by atoms with E-state index in [2.05, 4.69) is 51.5 Å². The first-order valence-electron chi connectivity index (χ1n) is 6.93. The topological polar surface area (TPSA) is 86.5 Å². The van der Waals surface area contributed by atoms with E-state index in [0.29, 0.717) is 12.4 Å². The van der Waals surface area contributed by atoms with E-state index in [-0.39, 0.29) is 5.69 Å². The maximum Gasteiger partial charge on any atom is 0.340 e. The molecule has 108 valence electrons. The Labute approximate surface area is 121 Å². The molecule has 6 heteroatoms. The van der Waals surface area contributed by atoms with Gasteiger partial charge in [-0.3, -0.25) is 4.98 Å². The summed E-state index contributed by atoms with van der Waals surface area (Å²) in [7, 11) is 0. The van der Waals surface area contributed by atoms with E-state index in [9.17, 15) is 4.79 Å². The molecule has 3 N–H and O–H groups in total. The van der Waals surface area contributed by atoms with Crippen LogP contribution in [0, 0.1) is 6.92 Å². The molecule has 0 spiro atoms. The van der Waals surface area contributed by atoms with Crippen molar-refractivity contribution in [2.75, 3.05) is 5.32 Å². The Morgan fingerprint density at radius 1 is 1.29 bits per heavy atom. The van der Waals surface area contributed by atoms with E-state index in [1.54, 1.807) is 0 Å². The Morgan fingerprint density at radius 3 is 2.86 bits per heavy atom. The number of nitrogens with one attached hydrogen (secondary N) is 3. The molecule has 0 aliphatic heterocycles. The van der Waals surface area contributed by atoms with Gasteiger partial charge in [-0.1, -0.05) is 13.0 Å². The number of H-pyrrole nitrogens is 2. The minimum atomic E-state index is -0.304. The molecule has 2 aromatic heterocycles. The fourth-order valence-electron chi connectivity index (χ4n) is 2.32. The molecule has 2 heterocycles. The molecule has 0 unspecified atom stereocenters. The monoisotopic (exact) mass is 283 g/mol. The van der Waals surface area contributed by atoms with E-state index in [0.717, 1.165) is 17.8 Å².